The molecule has 2 heterocycles. The second kappa shape index (κ2) is 9.90. The molecule has 1 saturated heterocycles. The molecule has 1 aliphatic rings. The first kappa shape index (κ1) is 21.3. The van der Waals surface area contributed by atoms with Gasteiger partial charge in [0.2, 0.25) is 0 Å². The average Bonchev–Trinajstić information content (AvgIpc) is 3.15. The normalized spacial score (nSPS) is 16.0. The monoisotopic (exact) mass is 417 g/mol. The molecule has 2 aromatic carbocycles. The van der Waals surface area contributed by atoms with Crippen LogP contribution in [0.4, 0.5) is 0 Å². The van der Waals surface area contributed by atoms with Gasteiger partial charge in [-0.05, 0) is 36.5 Å². The van der Waals surface area contributed by atoms with Crippen molar-refractivity contribution in [1.29, 1.82) is 0 Å². The van der Waals surface area contributed by atoms with Gasteiger partial charge in [0.05, 0.1) is 6.54 Å². The predicted molar refractivity (Wildman–Crippen MR) is 125 cm³/mol. The van der Waals surface area contributed by atoms with E-state index < -0.39 is 0 Å². The molecular weight excluding hydrogens is 386 g/mol. The Morgan fingerprint density at radius 3 is 2.42 bits per heavy atom. The van der Waals surface area contributed by atoms with Gasteiger partial charge in [-0.25, -0.2) is 9.48 Å². The third kappa shape index (κ3) is 5.40. The highest BCUT2D eigenvalue weighted by Crippen LogP contribution is 2.22. The molecule has 0 atom stereocenters. The van der Waals surface area contributed by atoms with Gasteiger partial charge in [-0.15, -0.1) is 0 Å². The Kier molecular flexibility index (Phi) is 6.79. The Balaban J connectivity index is 1.33. The summed E-state index contributed by atoms with van der Waals surface area (Å²) >= 11 is 0. The molecule has 0 bridgehead atoms. The number of rotatable bonds is 7. The van der Waals surface area contributed by atoms with Crippen LogP contribution in [0.5, 0.6) is 0 Å². The first-order valence-electron chi connectivity index (χ1n) is 11.0. The van der Waals surface area contributed by atoms with Crippen molar-refractivity contribution in [2.45, 2.75) is 38.9 Å². The molecule has 1 fully saturated rings. The summed E-state index contributed by atoms with van der Waals surface area (Å²) in [6.45, 7) is 6.14. The number of aromatic nitrogens is 3. The Labute approximate surface area is 183 Å². The zero-order valence-electron chi connectivity index (χ0n) is 18.2. The van der Waals surface area contributed by atoms with Crippen LogP contribution >= 0.6 is 0 Å². The summed E-state index contributed by atoms with van der Waals surface area (Å²) in [7, 11) is 0. The molecule has 1 aliphatic heterocycles. The smallest absolute Gasteiger partial charge is 0.326 e. The van der Waals surface area contributed by atoms with Crippen molar-refractivity contribution in [1.82, 2.24) is 19.2 Å². The van der Waals surface area contributed by atoms with E-state index >= 15 is 0 Å². The molecule has 0 radical (unpaired) electrons. The molecule has 0 aliphatic carbocycles. The molecule has 4 rings (SSSR count). The van der Waals surface area contributed by atoms with E-state index in [0.29, 0.717) is 13.1 Å². The van der Waals surface area contributed by atoms with Crippen LogP contribution in [0.3, 0.4) is 0 Å². The lowest BCUT2D eigenvalue weighted by Crippen LogP contribution is -2.38. The summed E-state index contributed by atoms with van der Waals surface area (Å²) < 4.78 is 3.37. The summed E-state index contributed by atoms with van der Waals surface area (Å²) in [5.41, 5.74) is 10.4. The van der Waals surface area contributed by atoms with Crippen LogP contribution in [-0.2, 0) is 13.1 Å². The van der Waals surface area contributed by atoms with Gasteiger partial charge in [0.25, 0.3) is 0 Å². The molecule has 2 N–H and O–H groups in total. The molecule has 162 valence electrons. The third-order valence-corrected chi connectivity index (χ3v) is 5.98. The summed E-state index contributed by atoms with van der Waals surface area (Å²) in [4.78, 5) is 15.4. The van der Waals surface area contributed by atoms with Crippen LogP contribution in [0.15, 0.2) is 71.3 Å². The van der Waals surface area contributed by atoms with E-state index in [9.17, 15) is 4.79 Å². The number of hydrogen-bond donors (Lipinski definition) is 1. The Bertz CT molecular complexity index is 1060. The summed E-state index contributed by atoms with van der Waals surface area (Å²) in [6, 6.07) is 18.7. The second-order valence-electron chi connectivity index (χ2n) is 8.41. The zero-order valence-corrected chi connectivity index (χ0v) is 18.2. The van der Waals surface area contributed by atoms with Crippen LogP contribution in [0.1, 0.15) is 42.5 Å². The van der Waals surface area contributed by atoms with Gasteiger partial charge in [-0.3, -0.25) is 9.47 Å². The average molecular weight is 418 g/mol. The molecule has 1 aromatic heterocycles. The van der Waals surface area contributed by atoms with Crippen molar-refractivity contribution in [3.63, 3.8) is 0 Å². The second-order valence-corrected chi connectivity index (χ2v) is 8.41. The van der Waals surface area contributed by atoms with Gasteiger partial charge in [-0.2, -0.15) is 5.10 Å². The minimum atomic E-state index is -0.0264. The maximum Gasteiger partial charge on any atom is 0.346 e. The number of piperidine rings is 1. The Morgan fingerprint density at radius 1 is 1.06 bits per heavy atom. The Morgan fingerprint density at radius 2 is 1.74 bits per heavy atom. The largest absolute Gasteiger partial charge is 0.346 e. The van der Waals surface area contributed by atoms with Gasteiger partial charge in [0.15, 0.2) is 0 Å². The minimum Gasteiger partial charge on any atom is -0.326 e. The van der Waals surface area contributed by atoms with Gasteiger partial charge in [-0.1, -0.05) is 66.2 Å². The lowest BCUT2D eigenvalue weighted by Gasteiger charge is -2.32. The van der Waals surface area contributed by atoms with Crippen LogP contribution < -0.4 is 11.4 Å². The predicted octanol–water partition coefficient (Wildman–Crippen LogP) is 3.29. The molecular formula is C25H31N5O. The molecule has 0 saturated carbocycles. The fourth-order valence-electron chi connectivity index (χ4n) is 4.25. The first-order chi connectivity index (χ1) is 15.1. The van der Waals surface area contributed by atoms with Gasteiger partial charge >= 0.3 is 5.69 Å². The van der Waals surface area contributed by atoms with Crippen LogP contribution in [0.2, 0.25) is 0 Å². The number of nitrogens with zero attached hydrogens (tertiary/aromatic N) is 4. The molecule has 6 heteroatoms. The zero-order chi connectivity index (χ0) is 21.6. The van der Waals surface area contributed by atoms with E-state index in [1.165, 1.54) is 11.1 Å². The third-order valence-electron chi connectivity index (χ3n) is 5.98. The Hall–Kier alpha value is -2.96. The number of nitrogens with two attached hydrogens (primary N) is 1. The number of benzene rings is 2. The minimum absolute atomic E-state index is 0.0264. The van der Waals surface area contributed by atoms with Crippen molar-refractivity contribution >= 4 is 6.08 Å². The van der Waals surface area contributed by atoms with Crippen molar-refractivity contribution in [2.24, 2.45) is 5.73 Å². The maximum atomic E-state index is 12.9. The number of likely N-dealkylation sites (tertiary alicyclic amines) is 1. The van der Waals surface area contributed by atoms with Crippen molar-refractivity contribution < 1.29 is 0 Å². The molecule has 0 amide bonds. The topological polar surface area (TPSA) is 69.1 Å². The standard InChI is InChI=1S/C25H31N5O/c1-20(15-21-5-3-2-4-6-21)17-28-13-11-24(12-14-28)29-19-27-30(25(29)31)18-23-9-7-22(16-26)8-10-23/h2-10,15,19,24H,11-14,16-18,26H2,1H3/b20-15+. The fraction of sp³-hybridized carbons (Fsp3) is 0.360. The highest BCUT2D eigenvalue weighted by molar-refractivity contribution is 5.52. The highest BCUT2D eigenvalue weighted by atomic mass is 16.2. The van der Waals surface area contributed by atoms with Crippen molar-refractivity contribution in [3.05, 3.63) is 93.7 Å². The number of hydrogen-bond acceptors (Lipinski definition) is 4. The SMILES string of the molecule is C/C(=C\c1ccccc1)CN1CCC(n2cnn(Cc3ccc(CN)cc3)c2=O)CC1. The van der Waals surface area contributed by atoms with Gasteiger partial charge in [0.1, 0.15) is 6.33 Å². The molecule has 6 nitrogen and oxygen atoms in total. The van der Waals surface area contributed by atoms with Crippen LogP contribution in [-0.4, -0.2) is 38.9 Å². The fourth-order valence-corrected chi connectivity index (χ4v) is 4.25. The van der Waals surface area contributed by atoms with Gasteiger partial charge < -0.3 is 5.73 Å². The quantitative estimate of drug-likeness (QED) is 0.640. The van der Waals surface area contributed by atoms with Crippen molar-refractivity contribution in [2.75, 3.05) is 19.6 Å². The summed E-state index contributed by atoms with van der Waals surface area (Å²) in [5.74, 6) is 0. The van der Waals surface area contributed by atoms with Crippen molar-refractivity contribution in [3.8, 4) is 0 Å². The van der Waals surface area contributed by atoms with Crippen LogP contribution in [0.25, 0.3) is 6.08 Å². The van der Waals surface area contributed by atoms with E-state index in [1.807, 2.05) is 34.9 Å². The summed E-state index contributed by atoms with van der Waals surface area (Å²) in [5, 5.41) is 4.36. The van der Waals surface area contributed by atoms with E-state index in [1.54, 1.807) is 11.0 Å². The highest BCUT2D eigenvalue weighted by Gasteiger charge is 2.22. The molecule has 3 aromatic rings. The lowest BCUT2D eigenvalue weighted by molar-refractivity contribution is 0.197. The van der Waals surface area contributed by atoms with E-state index in [-0.39, 0.29) is 11.7 Å². The van der Waals surface area contributed by atoms with Crippen LogP contribution in [0, 0.1) is 0 Å². The lowest BCUT2D eigenvalue weighted by atomic mass is 10.0. The van der Waals surface area contributed by atoms with E-state index in [0.717, 1.165) is 43.6 Å². The molecule has 31 heavy (non-hydrogen) atoms. The summed E-state index contributed by atoms with van der Waals surface area (Å²) in [6.07, 6.45) is 5.89. The maximum absolute atomic E-state index is 12.9. The molecule has 0 unspecified atom stereocenters. The van der Waals surface area contributed by atoms with E-state index in [2.05, 4.69) is 47.3 Å². The van der Waals surface area contributed by atoms with Gasteiger partial charge in [0, 0.05) is 32.2 Å². The molecule has 0 spiro atoms. The first-order valence-corrected chi connectivity index (χ1v) is 11.0. The van der Waals surface area contributed by atoms with E-state index in [4.69, 9.17) is 5.73 Å².